The maximum atomic E-state index is 11.1. The van der Waals surface area contributed by atoms with Gasteiger partial charge in [0.15, 0.2) is 0 Å². The highest BCUT2D eigenvalue weighted by Crippen LogP contribution is 2.19. The third-order valence-corrected chi connectivity index (χ3v) is 4.92. The Morgan fingerprint density at radius 1 is 1.37 bits per heavy atom. The molecular weight excluding hydrogens is 308 g/mol. The number of rotatable bonds is 2. The van der Waals surface area contributed by atoms with Crippen LogP contribution in [0, 0.1) is 11.8 Å². The lowest BCUT2D eigenvalue weighted by Crippen LogP contribution is -2.36. The van der Waals surface area contributed by atoms with Crippen LogP contribution in [0.3, 0.4) is 0 Å². The van der Waals surface area contributed by atoms with Crippen molar-refractivity contribution in [1.82, 2.24) is 4.90 Å². The standard InChI is InChI=1S/C11H14N2O3S2.ClH/c12-18(14,15)11-4-3-10(17-11)2-1-5-13-6-8-16-9-7-13;/h3-4H,5-9H2,(H2,12,14,15);1H. The smallest absolute Gasteiger partial charge is 0.247 e. The molecule has 5 nitrogen and oxygen atoms in total. The first-order valence-electron chi connectivity index (χ1n) is 5.47. The lowest BCUT2D eigenvalue weighted by atomic mass is 10.4. The van der Waals surface area contributed by atoms with Gasteiger partial charge in [0.2, 0.25) is 10.0 Å². The molecule has 8 heteroatoms. The Balaban J connectivity index is 0.00000180. The molecule has 0 radical (unpaired) electrons. The van der Waals surface area contributed by atoms with Gasteiger partial charge in [-0.05, 0) is 12.1 Å². The van der Waals surface area contributed by atoms with Gasteiger partial charge in [0.25, 0.3) is 0 Å². The third-order valence-electron chi connectivity index (χ3n) is 2.48. The first kappa shape index (κ1) is 16.4. The van der Waals surface area contributed by atoms with Crippen LogP contribution >= 0.6 is 23.7 Å². The van der Waals surface area contributed by atoms with E-state index < -0.39 is 10.0 Å². The first-order chi connectivity index (χ1) is 8.55. The van der Waals surface area contributed by atoms with Crippen molar-refractivity contribution in [2.24, 2.45) is 5.14 Å². The maximum absolute atomic E-state index is 11.1. The normalized spacial score (nSPS) is 16.3. The van der Waals surface area contributed by atoms with E-state index in [0.29, 0.717) is 11.4 Å². The van der Waals surface area contributed by atoms with Gasteiger partial charge in [-0.1, -0.05) is 11.8 Å². The predicted octanol–water partition coefficient (Wildman–Crippen LogP) is 0.501. The lowest BCUT2D eigenvalue weighted by molar-refractivity contribution is 0.0443. The number of ether oxygens (including phenoxy) is 1. The van der Waals surface area contributed by atoms with Gasteiger partial charge in [-0.15, -0.1) is 23.7 Å². The van der Waals surface area contributed by atoms with Gasteiger partial charge in [-0.3, -0.25) is 4.90 Å². The summed E-state index contributed by atoms with van der Waals surface area (Å²) in [5, 5.41) is 5.03. The van der Waals surface area contributed by atoms with E-state index in [1.165, 1.54) is 6.07 Å². The minimum absolute atomic E-state index is 0. The van der Waals surface area contributed by atoms with E-state index in [0.717, 1.165) is 37.6 Å². The summed E-state index contributed by atoms with van der Waals surface area (Å²) in [6, 6.07) is 3.16. The molecule has 0 bridgehead atoms. The summed E-state index contributed by atoms with van der Waals surface area (Å²) in [6.45, 7) is 3.95. The number of sulfonamides is 1. The maximum Gasteiger partial charge on any atom is 0.247 e. The highest BCUT2D eigenvalue weighted by atomic mass is 35.5. The van der Waals surface area contributed by atoms with Gasteiger partial charge in [0.1, 0.15) is 4.21 Å². The number of halogens is 1. The fraction of sp³-hybridized carbons (Fsp3) is 0.455. The summed E-state index contributed by atoms with van der Waals surface area (Å²) in [5.74, 6) is 5.98. The molecule has 2 heterocycles. The zero-order valence-corrected chi connectivity index (χ0v) is 12.6. The van der Waals surface area contributed by atoms with Gasteiger partial charge in [0.05, 0.1) is 24.6 Å². The van der Waals surface area contributed by atoms with Crippen molar-refractivity contribution >= 4 is 33.8 Å². The molecule has 1 aliphatic rings. The highest BCUT2D eigenvalue weighted by Gasteiger charge is 2.10. The second-order valence-corrected chi connectivity index (χ2v) is 6.73. The number of hydrogen-bond donors (Lipinski definition) is 1. The number of nitrogens with two attached hydrogens (primary N) is 1. The number of hydrogen-bond acceptors (Lipinski definition) is 5. The van der Waals surface area contributed by atoms with Gasteiger partial charge in [0, 0.05) is 13.1 Å². The monoisotopic (exact) mass is 322 g/mol. The Kier molecular flexibility index (Phi) is 6.26. The lowest BCUT2D eigenvalue weighted by Gasteiger charge is -2.24. The van der Waals surface area contributed by atoms with Crippen LogP contribution in [-0.4, -0.2) is 46.2 Å². The van der Waals surface area contributed by atoms with Crippen molar-refractivity contribution in [1.29, 1.82) is 0 Å². The molecule has 0 saturated carbocycles. The van der Waals surface area contributed by atoms with E-state index >= 15 is 0 Å². The molecule has 0 spiro atoms. The van der Waals surface area contributed by atoms with Crippen molar-refractivity contribution in [3.05, 3.63) is 17.0 Å². The number of thiophene rings is 1. The van der Waals surface area contributed by atoms with Crippen LogP contribution in [0.4, 0.5) is 0 Å². The fourth-order valence-electron chi connectivity index (χ4n) is 1.54. The molecule has 0 aromatic carbocycles. The average molecular weight is 323 g/mol. The second kappa shape index (κ2) is 7.24. The van der Waals surface area contributed by atoms with Crippen molar-refractivity contribution in [3.8, 4) is 11.8 Å². The van der Waals surface area contributed by atoms with Gasteiger partial charge >= 0.3 is 0 Å². The molecule has 0 atom stereocenters. The Labute approximate surface area is 123 Å². The van der Waals surface area contributed by atoms with Crippen LogP contribution in [0.1, 0.15) is 4.88 Å². The molecule has 106 valence electrons. The Hall–Kier alpha value is -0.620. The molecule has 2 rings (SSSR count). The molecule has 1 fully saturated rings. The minimum atomic E-state index is -3.60. The van der Waals surface area contributed by atoms with Crippen LogP contribution < -0.4 is 5.14 Å². The molecule has 1 aliphatic heterocycles. The molecule has 1 aromatic rings. The van der Waals surface area contributed by atoms with E-state index in [1.807, 2.05) is 0 Å². The first-order valence-corrected chi connectivity index (χ1v) is 7.83. The predicted molar refractivity (Wildman–Crippen MR) is 77.1 cm³/mol. The summed E-state index contributed by atoms with van der Waals surface area (Å²) >= 11 is 1.10. The zero-order valence-electron chi connectivity index (χ0n) is 10.2. The topological polar surface area (TPSA) is 72.6 Å². The molecule has 2 N–H and O–H groups in total. The van der Waals surface area contributed by atoms with Crippen molar-refractivity contribution in [2.75, 3.05) is 32.8 Å². The zero-order chi connectivity index (χ0) is 13.0. The molecular formula is C11H15ClN2O3S2. The largest absolute Gasteiger partial charge is 0.379 e. The second-order valence-electron chi connectivity index (χ2n) is 3.85. The van der Waals surface area contributed by atoms with Gasteiger partial charge in [-0.25, -0.2) is 13.6 Å². The molecule has 1 saturated heterocycles. The van der Waals surface area contributed by atoms with Crippen molar-refractivity contribution < 1.29 is 13.2 Å². The number of nitrogens with zero attached hydrogens (tertiary/aromatic N) is 1. The molecule has 1 aromatic heterocycles. The van der Waals surface area contributed by atoms with Crippen LogP contribution in [0.5, 0.6) is 0 Å². The highest BCUT2D eigenvalue weighted by molar-refractivity contribution is 7.91. The molecule has 0 aliphatic carbocycles. The third kappa shape index (κ3) is 5.10. The molecule has 0 amide bonds. The van der Waals surface area contributed by atoms with Crippen LogP contribution in [0.2, 0.25) is 0 Å². The van der Waals surface area contributed by atoms with E-state index in [1.54, 1.807) is 6.07 Å². The van der Waals surface area contributed by atoms with E-state index in [9.17, 15) is 8.42 Å². The van der Waals surface area contributed by atoms with Gasteiger partial charge in [-0.2, -0.15) is 0 Å². The van der Waals surface area contributed by atoms with Crippen LogP contribution in [0.15, 0.2) is 16.3 Å². The Bertz CT molecular complexity index is 568. The summed E-state index contributed by atoms with van der Waals surface area (Å²) < 4.78 is 27.6. The van der Waals surface area contributed by atoms with E-state index in [2.05, 4.69) is 16.7 Å². The van der Waals surface area contributed by atoms with Crippen molar-refractivity contribution in [2.45, 2.75) is 4.21 Å². The quantitative estimate of drug-likeness (QED) is 0.805. The fourth-order valence-corrected chi connectivity index (χ4v) is 3.14. The Morgan fingerprint density at radius 2 is 2.05 bits per heavy atom. The molecule has 19 heavy (non-hydrogen) atoms. The summed E-state index contributed by atoms with van der Waals surface area (Å²) in [5.41, 5.74) is 0. The Morgan fingerprint density at radius 3 is 2.63 bits per heavy atom. The SMILES string of the molecule is Cl.NS(=O)(=O)c1ccc(C#CCN2CCOCC2)s1. The minimum Gasteiger partial charge on any atom is -0.379 e. The summed E-state index contributed by atoms with van der Waals surface area (Å²) in [7, 11) is -3.60. The number of morpholine rings is 1. The van der Waals surface area contributed by atoms with Crippen LogP contribution in [-0.2, 0) is 14.8 Å². The summed E-state index contributed by atoms with van der Waals surface area (Å²) in [4.78, 5) is 2.91. The van der Waals surface area contributed by atoms with Crippen LogP contribution in [0.25, 0.3) is 0 Å². The van der Waals surface area contributed by atoms with E-state index in [-0.39, 0.29) is 16.6 Å². The van der Waals surface area contributed by atoms with Crippen molar-refractivity contribution in [3.63, 3.8) is 0 Å². The average Bonchev–Trinajstić information content (AvgIpc) is 2.79. The summed E-state index contributed by atoms with van der Waals surface area (Å²) in [6.07, 6.45) is 0. The van der Waals surface area contributed by atoms with Gasteiger partial charge < -0.3 is 4.74 Å². The van der Waals surface area contributed by atoms with E-state index in [4.69, 9.17) is 9.88 Å². The molecule has 0 unspecified atom stereocenters. The number of primary sulfonamides is 1.